The Morgan fingerprint density at radius 3 is 2.10 bits per heavy atom. The number of hydrogen-bond donors (Lipinski definition) is 2. The van der Waals surface area contributed by atoms with Gasteiger partial charge in [-0.05, 0) is 55.5 Å². The van der Waals surface area contributed by atoms with Crippen molar-refractivity contribution in [1.82, 2.24) is 14.5 Å². The zero-order valence-corrected chi connectivity index (χ0v) is 23.8. The second kappa shape index (κ2) is 14.3. The summed E-state index contributed by atoms with van der Waals surface area (Å²) in [6.45, 7) is 6.39. The number of aliphatic carboxylic acids is 1. The summed E-state index contributed by atoms with van der Waals surface area (Å²) in [5, 5.41) is 10.4. The van der Waals surface area contributed by atoms with E-state index in [0.717, 1.165) is 47.6 Å². The van der Waals surface area contributed by atoms with Gasteiger partial charge in [-0.1, -0.05) is 30.3 Å². The van der Waals surface area contributed by atoms with Crippen LogP contribution in [0.25, 0.3) is 0 Å². The van der Waals surface area contributed by atoms with E-state index in [0.29, 0.717) is 30.8 Å². The summed E-state index contributed by atoms with van der Waals surface area (Å²) in [4.78, 5) is 27.9. The van der Waals surface area contributed by atoms with Crippen molar-refractivity contribution >= 4 is 27.7 Å². The topological polar surface area (TPSA) is 119 Å². The van der Waals surface area contributed by atoms with Crippen LogP contribution in [0.15, 0.2) is 52.4 Å². The van der Waals surface area contributed by atoms with Crippen LogP contribution in [0.1, 0.15) is 35.1 Å². The molecule has 3 rings (SSSR count). The van der Waals surface area contributed by atoms with Gasteiger partial charge in [-0.2, -0.15) is 13.2 Å². The van der Waals surface area contributed by atoms with Gasteiger partial charge in [0.05, 0.1) is 11.4 Å². The summed E-state index contributed by atoms with van der Waals surface area (Å²) in [5.74, 6) is -1.79. The zero-order valence-electron chi connectivity index (χ0n) is 23.0. The molecule has 13 heteroatoms. The number of aryl methyl sites for hydroxylation is 2. The third kappa shape index (κ3) is 9.94. The van der Waals surface area contributed by atoms with Gasteiger partial charge in [0.1, 0.15) is 5.84 Å². The van der Waals surface area contributed by atoms with Gasteiger partial charge in [0.15, 0.2) is 0 Å². The van der Waals surface area contributed by atoms with Crippen molar-refractivity contribution in [3.63, 3.8) is 0 Å². The van der Waals surface area contributed by atoms with Gasteiger partial charge < -0.3 is 15.3 Å². The number of nitrogens with zero attached hydrogens (tertiary/aromatic N) is 3. The van der Waals surface area contributed by atoms with Gasteiger partial charge in [0, 0.05) is 45.7 Å². The molecule has 0 atom stereocenters. The van der Waals surface area contributed by atoms with E-state index in [-0.39, 0.29) is 5.91 Å². The van der Waals surface area contributed by atoms with Gasteiger partial charge in [-0.15, -0.1) is 0 Å². The predicted molar refractivity (Wildman–Crippen MR) is 146 cm³/mol. The van der Waals surface area contributed by atoms with E-state index in [4.69, 9.17) is 9.90 Å². The lowest BCUT2D eigenvalue weighted by Crippen LogP contribution is -2.31. The number of aliphatic imine (C=N–C) groups is 1. The molecule has 40 heavy (non-hydrogen) atoms. The fourth-order valence-corrected chi connectivity index (χ4v) is 5.27. The monoisotopic (exact) mass is 584 g/mol. The van der Waals surface area contributed by atoms with Gasteiger partial charge in [0.2, 0.25) is 15.9 Å². The number of sulfonamides is 1. The Kier molecular flexibility index (Phi) is 11.7. The average Bonchev–Trinajstić information content (AvgIpc) is 3.41. The second-order valence-electron chi connectivity index (χ2n) is 9.48. The number of alkyl halides is 3. The van der Waals surface area contributed by atoms with Crippen LogP contribution < -0.4 is 5.32 Å². The van der Waals surface area contributed by atoms with Crippen LogP contribution in [0.4, 0.5) is 13.2 Å². The Labute approximate surface area is 232 Å². The molecular formula is C27H35F3N4O5S. The van der Waals surface area contributed by atoms with Crippen molar-refractivity contribution in [3.8, 4) is 0 Å². The van der Waals surface area contributed by atoms with Crippen molar-refractivity contribution in [3.05, 3.63) is 64.7 Å². The largest absolute Gasteiger partial charge is 0.490 e. The molecule has 1 heterocycles. The summed E-state index contributed by atoms with van der Waals surface area (Å²) in [6.07, 6.45) is -3.52. The average molecular weight is 585 g/mol. The number of carboxylic acids is 1. The smallest absolute Gasteiger partial charge is 0.475 e. The summed E-state index contributed by atoms with van der Waals surface area (Å²) in [6, 6.07) is 13.6. The number of carboxylic acid groups (broad SMARTS) is 1. The summed E-state index contributed by atoms with van der Waals surface area (Å²) >= 11 is 0. The first-order valence-electron chi connectivity index (χ1n) is 12.6. The first-order chi connectivity index (χ1) is 18.6. The number of carbonyl (C=O) groups is 2. The lowest BCUT2D eigenvalue weighted by molar-refractivity contribution is -0.192. The highest BCUT2D eigenvalue weighted by molar-refractivity contribution is 7.89. The minimum Gasteiger partial charge on any atom is -0.475 e. The van der Waals surface area contributed by atoms with E-state index in [1.54, 1.807) is 31.1 Å². The molecule has 0 aromatic heterocycles. The molecular weight excluding hydrogens is 549 g/mol. The lowest BCUT2D eigenvalue weighted by atomic mass is 10.1. The Hall–Kier alpha value is -3.45. The Bertz CT molecular complexity index is 1290. The first kappa shape index (κ1) is 32.8. The minimum atomic E-state index is -5.08. The number of rotatable bonds is 10. The Morgan fingerprint density at radius 2 is 1.60 bits per heavy atom. The van der Waals surface area contributed by atoms with Crippen LogP contribution in [0.3, 0.4) is 0 Å². The molecule has 2 aromatic carbocycles. The molecule has 1 aliphatic rings. The summed E-state index contributed by atoms with van der Waals surface area (Å²) in [7, 11) is -0.200. The molecule has 0 spiro atoms. The van der Waals surface area contributed by atoms with E-state index in [2.05, 4.69) is 34.6 Å². The standard InChI is InChI=1S/C25H34N4O3S.C2HF3O2/c1-19-16-20(2)18-23(17-19)33(31,32)29(4)14-5-6-24(30)28(3)15-11-21-7-9-22(10-8-21)25-26-12-13-27-25;3-2(4,5)1(6)7/h7-10,16-18H,5-6,11-15H2,1-4H3,(H,26,27);(H,6,7). The van der Waals surface area contributed by atoms with Crippen molar-refractivity contribution in [2.45, 2.75) is 44.2 Å². The van der Waals surface area contributed by atoms with Gasteiger partial charge in [-0.25, -0.2) is 17.5 Å². The molecule has 2 N–H and O–H groups in total. The summed E-state index contributed by atoms with van der Waals surface area (Å²) in [5.41, 5.74) is 4.08. The lowest BCUT2D eigenvalue weighted by Gasteiger charge is -2.20. The van der Waals surface area contributed by atoms with Crippen molar-refractivity contribution in [1.29, 1.82) is 0 Å². The highest BCUT2D eigenvalue weighted by Crippen LogP contribution is 2.19. The molecule has 1 amide bonds. The van der Waals surface area contributed by atoms with E-state index in [1.807, 2.05) is 19.9 Å². The zero-order chi connectivity index (χ0) is 30.1. The number of hydrogen-bond acceptors (Lipinski definition) is 6. The highest BCUT2D eigenvalue weighted by atomic mass is 32.2. The normalized spacial score (nSPS) is 13.2. The highest BCUT2D eigenvalue weighted by Gasteiger charge is 2.38. The SMILES string of the molecule is Cc1cc(C)cc(S(=O)(=O)N(C)CCCC(=O)N(C)CCc2ccc(C3=NCCN3)cc2)c1.O=C(O)C(F)(F)F. The summed E-state index contributed by atoms with van der Waals surface area (Å²) < 4.78 is 58.7. The molecule has 2 aromatic rings. The molecule has 0 saturated heterocycles. The maximum atomic E-state index is 12.8. The van der Waals surface area contributed by atoms with E-state index < -0.39 is 22.2 Å². The van der Waals surface area contributed by atoms with Crippen molar-refractivity contribution in [2.24, 2.45) is 4.99 Å². The fourth-order valence-electron chi connectivity index (χ4n) is 3.87. The molecule has 0 saturated carbocycles. The van der Waals surface area contributed by atoms with E-state index in [1.165, 1.54) is 4.31 Å². The van der Waals surface area contributed by atoms with Crippen LogP contribution in [-0.4, -0.2) is 86.9 Å². The molecule has 9 nitrogen and oxygen atoms in total. The first-order valence-corrected chi connectivity index (χ1v) is 14.0. The number of carbonyl (C=O) groups excluding carboxylic acids is 1. The second-order valence-corrected chi connectivity index (χ2v) is 11.5. The van der Waals surface area contributed by atoms with Crippen LogP contribution in [0, 0.1) is 13.8 Å². The van der Waals surface area contributed by atoms with E-state index >= 15 is 0 Å². The Morgan fingerprint density at radius 1 is 1.02 bits per heavy atom. The maximum absolute atomic E-state index is 12.8. The number of nitrogens with one attached hydrogen (secondary N) is 1. The predicted octanol–water partition coefficient (Wildman–Crippen LogP) is 3.39. The fraction of sp³-hybridized carbons (Fsp3) is 0.444. The van der Waals surface area contributed by atoms with Gasteiger partial charge >= 0.3 is 12.1 Å². The third-order valence-corrected chi connectivity index (χ3v) is 7.91. The van der Waals surface area contributed by atoms with Crippen molar-refractivity contribution < 1.29 is 36.3 Å². The number of amides is 1. The molecule has 0 fully saturated rings. The molecule has 0 radical (unpaired) electrons. The van der Waals surface area contributed by atoms with Crippen LogP contribution in [0.5, 0.6) is 0 Å². The molecule has 220 valence electrons. The number of benzene rings is 2. The van der Waals surface area contributed by atoms with Gasteiger partial charge in [0.25, 0.3) is 0 Å². The number of halogens is 3. The number of amidine groups is 1. The Balaban J connectivity index is 0.000000708. The maximum Gasteiger partial charge on any atom is 0.490 e. The third-order valence-electron chi connectivity index (χ3n) is 6.07. The van der Waals surface area contributed by atoms with Crippen LogP contribution in [0.2, 0.25) is 0 Å². The minimum absolute atomic E-state index is 0.0216. The molecule has 0 unspecified atom stereocenters. The number of likely N-dealkylation sites (N-methyl/N-ethyl adjacent to an activating group) is 1. The van der Waals surface area contributed by atoms with Crippen molar-refractivity contribution in [2.75, 3.05) is 40.3 Å². The molecule has 0 bridgehead atoms. The van der Waals surface area contributed by atoms with Crippen LogP contribution >= 0.6 is 0 Å². The molecule has 1 aliphatic heterocycles. The van der Waals surface area contributed by atoms with Crippen LogP contribution in [-0.2, 0) is 26.0 Å². The van der Waals surface area contributed by atoms with Gasteiger partial charge in [-0.3, -0.25) is 9.79 Å². The molecule has 0 aliphatic carbocycles. The quantitative estimate of drug-likeness (QED) is 0.442. The van der Waals surface area contributed by atoms with E-state index in [9.17, 15) is 26.4 Å².